The smallest absolute Gasteiger partial charge is 0.337 e. The van der Waals surface area contributed by atoms with E-state index in [2.05, 4.69) is 26.0 Å². The average Bonchev–Trinajstić information content (AvgIpc) is 3.13. The number of carboxylic acids is 1. The van der Waals surface area contributed by atoms with Crippen molar-refractivity contribution >= 4 is 37.9 Å². The predicted octanol–water partition coefficient (Wildman–Crippen LogP) is 16.6. The third-order valence-corrected chi connectivity index (χ3v) is 12.8. The van der Waals surface area contributed by atoms with Crippen LogP contribution in [0.25, 0.3) is 10.8 Å². The van der Waals surface area contributed by atoms with Crippen molar-refractivity contribution in [2.45, 2.75) is 232 Å². The Kier molecular flexibility index (Phi) is 28.9. The molecule has 51 heavy (non-hydrogen) atoms. The Labute approximate surface area is 326 Å². The first-order valence-electron chi connectivity index (χ1n) is 22.2. The Morgan fingerprint density at radius 3 is 1.14 bits per heavy atom. The molecule has 0 saturated heterocycles. The van der Waals surface area contributed by atoms with Gasteiger partial charge in [-0.05, 0) is 53.6 Å². The van der Waals surface area contributed by atoms with Crippen LogP contribution >= 0.6 is 21.2 Å². The van der Waals surface area contributed by atoms with E-state index in [0.29, 0.717) is 9.13 Å². The molecule has 0 aromatic heterocycles. The quantitative estimate of drug-likeness (QED) is 0.0550. The topological polar surface area (TPSA) is 54.4 Å². The van der Waals surface area contributed by atoms with Gasteiger partial charge in [0, 0.05) is 0 Å². The molecule has 2 rings (SSSR count). The van der Waals surface area contributed by atoms with Crippen LogP contribution < -0.4 is 0 Å². The number of unbranched alkanes of at least 4 members (excludes halogenated alkanes) is 30. The van der Waals surface area contributed by atoms with Crippen LogP contribution in [0.1, 0.15) is 241 Å². The number of halogens is 1. The van der Waals surface area contributed by atoms with Crippen molar-refractivity contribution in [1.29, 1.82) is 0 Å². The fraction of sp³-hybridized carbons (Fsp3) is 0.766. The van der Waals surface area contributed by atoms with Crippen molar-refractivity contribution in [2.24, 2.45) is 0 Å². The van der Waals surface area contributed by atoms with Crippen LogP contribution in [0.5, 0.6) is 0 Å². The Balaban J connectivity index is 1.67. The molecule has 0 saturated carbocycles. The molecule has 4 heteroatoms. The van der Waals surface area contributed by atoms with Crippen LogP contribution in [-0.2, 0) is 15.9 Å². The van der Waals surface area contributed by atoms with Crippen molar-refractivity contribution in [3.8, 4) is 0 Å². The van der Waals surface area contributed by atoms with E-state index in [0.717, 1.165) is 48.4 Å². The summed E-state index contributed by atoms with van der Waals surface area (Å²) in [6.07, 6.45) is 45.1. The van der Waals surface area contributed by atoms with Gasteiger partial charge in [-0.15, -0.1) is 0 Å². The molecule has 0 aliphatic carbocycles. The van der Waals surface area contributed by atoms with E-state index in [1.807, 2.05) is 12.1 Å². The molecular weight excluding hydrogens is 739 g/mol. The molecule has 0 aliphatic heterocycles. The molecule has 292 valence electrons. The van der Waals surface area contributed by atoms with Crippen LogP contribution in [0.15, 0.2) is 24.3 Å². The van der Waals surface area contributed by atoms with Gasteiger partial charge in [0.25, 0.3) is 0 Å². The first-order valence-corrected chi connectivity index (χ1v) is 24.2. The number of hydrogen-bond donors (Lipinski definition) is 1. The minimum absolute atomic E-state index is 0.301. The van der Waals surface area contributed by atoms with Gasteiger partial charge in [-0.1, -0.05) is 225 Å². The number of rotatable bonds is 36. The van der Waals surface area contributed by atoms with Crippen molar-refractivity contribution in [3.05, 3.63) is 44.5 Å². The fourth-order valence-electron chi connectivity index (χ4n) is 7.94. The molecule has 0 bridgehead atoms. The molecule has 1 N–H and O–H groups in total. The maximum atomic E-state index is 12.5. The van der Waals surface area contributed by atoms with E-state index in [9.17, 15) is 13.0 Å². The summed E-state index contributed by atoms with van der Waals surface area (Å²) in [4.78, 5) is 12.5. The van der Waals surface area contributed by atoms with Gasteiger partial charge in [0.15, 0.2) is 21.2 Å². The lowest BCUT2D eigenvalue weighted by atomic mass is 9.92. The standard InChI is InChI=1S/C47H79IO3/c1-3-5-7-9-11-13-15-17-19-21-23-25-27-29-31-33-36-41-38-35-39-43-44(41)40-42(46(48-51)45(43)47(49)50)37-34-32-30-28-26-24-22-20-18-16-14-12-10-8-6-4-2/h35,38-40H,3-34,36-37H2,1-2H3,(H,49,50). The lowest BCUT2D eigenvalue weighted by Crippen LogP contribution is -2.06. The highest BCUT2D eigenvalue weighted by Crippen LogP contribution is 2.33. The van der Waals surface area contributed by atoms with E-state index < -0.39 is 27.2 Å². The lowest BCUT2D eigenvalue weighted by molar-refractivity contribution is 0.0697. The zero-order chi connectivity index (χ0) is 36.6. The summed E-state index contributed by atoms with van der Waals surface area (Å²) in [5.74, 6) is -0.932. The summed E-state index contributed by atoms with van der Waals surface area (Å²) in [6.45, 7) is 4.57. The van der Waals surface area contributed by atoms with Crippen molar-refractivity contribution in [1.82, 2.24) is 0 Å². The van der Waals surface area contributed by atoms with E-state index in [-0.39, 0.29) is 0 Å². The zero-order valence-corrected chi connectivity index (χ0v) is 35.7. The SMILES string of the molecule is CCCCCCCCCCCCCCCCCCc1cc2c(CCCCCCCCCCCCCCCCCC)cccc2c(C(=O)O)c1I=O. The van der Waals surface area contributed by atoms with Crippen LogP contribution in [0.3, 0.4) is 0 Å². The molecule has 2 aromatic rings. The second-order valence-corrected chi connectivity index (χ2v) is 17.2. The first-order chi connectivity index (χ1) is 25.1. The van der Waals surface area contributed by atoms with E-state index in [1.165, 1.54) is 192 Å². The number of aryl methyl sites for hydroxylation is 2. The average molecular weight is 819 g/mol. The van der Waals surface area contributed by atoms with Gasteiger partial charge in [0.05, 0.1) is 9.13 Å². The monoisotopic (exact) mass is 819 g/mol. The molecule has 0 radical (unpaired) electrons. The Morgan fingerprint density at radius 2 is 0.804 bits per heavy atom. The summed E-state index contributed by atoms with van der Waals surface area (Å²) in [5.41, 5.74) is 2.58. The Hall–Kier alpha value is -1.30. The van der Waals surface area contributed by atoms with Gasteiger partial charge in [0.1, 0.15) is 0 Å². The minimum atomic E-state index is -1.56. The third-order valence-electron chi connectivity index (χ3n) is 11.2. The van der Waals surface area contributed by atoms with Gasteiger partial charge in [-0.25, -0.2) is 4.79 Å². The molecule has 0 fully saturated rings. The van der Waals surface area contributed by atoms with Gasteiger partial charge in [-0.2, -0.15) is 0 Å². The molecule has 0 amide bonds. The third kappa shape index (κ3) is 21.2. The highest BCUT2D eigenvalue weighted by atomic mass is 127. The molecular formula is C47H79IO3. The number of aromatic carboxylic acids is 1. The highest BCUT2D eigenvalue weighted by Gasteiger charge is 2.20. The number of carbonyl (C=O) groups is 1. The summed E-state index contributed by atoms with van der Waals surface area (Å²) in [5, 5.41) is 12.1. The highest BCUT2D eigenvalue weighted by molar-refractivity contribution is 14.1. The number of carboxylic acid groups (broad SMARTS) is 1. The van der Waals surface area contributed by atoms with Crippen LogP contribution in [0, 0.1) is 3.57 Å². The first kappa shape index (κ1) is 45.9. The molecule has 3 nitrogen and oxygen atoms in total. The van der Waals surface area contributed by atoms with Crippen LogP contribution in [-0.4, -0.2) is 11.1 Å². The second-order valence-electron chi connectivity index (χ2n) is 15.7. The van der Waals surface area contributed by atoms with Gasteiger partial charge in [-0.3, -0.25) is 3.07 Å². The van der Waals surface area contributed by atoms with E-state index in [4.69, 9.17) is 0 Å². The van der Waals surface area contributed by atoms with Crippen LogP contribution in [0.4, 0.5) is 0 Å². The Bertz CT molecular complexity index is 1160. The largest absolute Gasteiger partial charge is 0.478 e. The molecule has 0 aliphatic rings. The van der Waals surface area contributed by atoms with E-state index >= 15 is 0 Å². The maximum absolute atomic E-state index is 12.5. The molecule has 0 unspecified atom stereocenters. The van der Waals surface area contributed by atoms with Crippen molar-refractivity contribution < 1.29 is 13.0 Å². The Morgan fingerprint density at radius 1 is 0.471 bits per heavy atom. The minimum Gasteiger partial charge on any atom is -0.478 e. The molecule has 0 heterocycles. The lowest BCUT2D eigenvalue weighted by Gasteiger charge is -2.14. The maximum Gasteiger partial charge on any atom is 0.337 e. The van der Waals surface area contributed by atoms with Gasteiger partial charge < -0.3 is 5.11 Å². The van der Waals surface area contributed by atoms with Crippen molar-refractivity contribution in [2.75, 3.05) is 0 Å². The van der Waals surface area contributed by atoms with Crippen molar-refractivity contribution in [3.63, 3.8) is 0 Å². The number of benzene rings is 2. The zero-order valence-electron chi connectivity index (χ0n) is 33.5. The normalized spacial score (nSPS) is 11.6. The predicted molar refractivity (Wildman–Crippen MR) is 231 cm³/mol. The van der Waals surface area contributed by atoms with E-state index in [1.54, 1.807) is 0 Å². The summed E-state index contributed by atoms with van der Waals surface area (Å²) >= 11 is -1.56. The second kappa shape index (κ2) is 32.2. The number of hydrogen-bond acceptors (Lipinski definition) is 2. The molecule has 0 spiro atoms. The molecule has 2 aromatic carbocycles. The van der Waals surface area contributed by atoms with Gasteiger partial charge in [0.2, 0.25) is 0 Å². The summed E-state index contributed by atoms with van der Waals surface area (Å²) in [7, 11) is 0. The van der Waals surface area contributed by atoms with Gasteiger partial charge >= 0.3 is 5.97 Å². The fourth-order valence-corrected chi connectivity index (χ4v) is 9.39. The summed E-state index contributed by atoms with van der Waals surface area (Å²) in [6, 6.07) is 8.32. The number of fused-ring (bicyclic) bond motifs is 1. The molecule has 0 atom stereocenters. The summed E-state index contributed by atoms with van der Waals surface area (Å²) < 4.78 is 13.1. The van der Waals surface area contributed by atoms with Crippen LogP contribution in [0.2, 0.25) is 0 Å².